The van der Waals surface area contributed by atoms with Gasteiger partial charge >= 0.3 is 12.4 Å². The summed E-state index contributed by atoms with van der Waals surface area (Å²) in [5, 5.41) is 2.36. The summed E-state index contributed by atoms with van der Waals surface area (Å²) in [6.45, 7) is 1.95. The number of ether oxygens (including phenoxy) is 1. The third kappa shape index (κ3) is 5.67. The number of nitrogens with two attached hydrogens (primary N) is 1. The van der Waals surface area contributed by atoms with Crippen molar-refractivity contribution in [3.63, 3.8) is 0 Å². The van der Waals surface area contributed by atoms with Crippen LogP contribution in [0.15, 0.2) is 48.9 Å². The number of hydrogen-bond acceptors (Lipinski definition) is 7. The number of carbonyl (C=O) groups is 2. The van der Waals surface area contributed by atoms with Gasteiger partial charge in [0.1, 0.15) is 34.4 Å². The Balaban J connectivity index is 1.34. The molecular formula is C30H27F6N7O3. The van der Waals surface area contributed by atoms with E-state index in [4.69, 9.17) is 15.5 Å². The summed E-state index contributed by atoms with van der Waals surface area (Å²) in [6.07, 6.45) is -5.15. The van der Waals surface area contributed by atoms with Crippen LogP contribution in [0.2, 0.25) is 0 Å². The number of pyridine rings is 1. The second-order valence-electron chi connectivity index (χ2n) is 11.1. The molecule has 0 aliphatic carbocycles. The maximum absolute atomic E-state index is 13.6. The number of aromatic nitrogens is 4. The summed E-state index contributed by atoms with van der Waals surface area (Å²) in [6, 6.07) is 4.98. The SMILES string of the molecule is CCOc1cc(C(=O)Nc2cc(C(F)(F)F)ccn2)ccc1-c1nc([C@@H]2CC[C@H]3[C@H](C(F)(F)F)CC(=O)N3C2)n2ccnc(N)c12. The van der Waals surface area contributed by atoms with E-state index in [-0.39, 0.29) is 42.5 Å². The number of imidazole rings is 1. The number of benzene rings is 1. The third-order valence-corrected chi connectivity index (χ3v) is 8.33. The molecule has 0 unspecified atom stereocenters. The summed E-state index contributed by atoms with van der Waals surface area (Å²) >= 11 is 0. The predicted molar refractivity (Wildman–Crippen MR) is 153 cm³/mol. The van der Waals surface area contributed by atoms with Gasteiger partial charge in [0.25, 0.3) is 5.91 Å². The Bertz CT molecular complexity index is 1820. The standard InChI is InChI=1S/C30H27F6N7O3/c1-2-46-21-11-15(28(45)40-22-12-17(7-8-38-22)29(31,32)33)3-5-18(21)24-25-26(37)39-9-10-42(25)27(41-24)16-4-6-20-19(30(34,35)36)13-23(44)43(20)14-16/h3,5,7-12,16,19-20H,2,4,6,13-14H2,1H3,(H2,37,39)(H,38,40,45)/t16-,19-,20+/m1/s1. The third-order valence-electron chi connectivity index (χ3n) is 8.33. The molecule has 16 heteroatoms. The first kappa shape index (κ1) is 31.1. The first-order valence-electron chi connectivity index (χ1n) is 14.4. The molecule has 0 bridgehead atoms. The summed E-state index contributed by atoms with van der Waals surface area (Å²) in [5.74, 6) is -2.89. The summed E-state index contributed by atoms with van der Waals surface area (Å²) in [5.41, 5.74) is 6.52. The lowest BCUT2D eigenvalue weighted by Crippen LogP contribution is -2.45. The molecule has 46 heavy (non-hydrogen) atoms. The van der Waals surface area contributed by atoms with Gasteiger partial charge in [-0.15, -0.1) is 0 Å². The summed E-state index contributed by atoms with van der Waals surface area (Å²) < 4.78 is 87.8. The van der Waals surface area contributed by atoms with E-state index in [1.54, 1.807) is 23.6 Å². The molecule has 0 radical (unpaired) electrons. The number of anilines is 2. The highest BCUT2D eigenvalue weighted by molar-refractivity contribution is 6.04. The Morgan fingerprint density at radius 1 is 1.09 bits per heavy atom. The minimum atomic E-state index is -4.62. The van der Waals surface area contributed by atoms with E-state index < -0.39 is 54.0 Å². The molecular weight excluding hydrogens is 620 g/mol. The van der Waals surface area contributed by atoms with Gasteiger partial charge in [0.05, 0.1) is 18.1 Å². The van der Waals surface area contributed by atoms with Crippen LogP contribution in [-0.2, 0) is 11.0 Å². The van der Waals surface area contributed by atoms with Crippen LogP contribution in [0, 0.1) is 5.92 Å². The van der Waals surface area contributed by atoms with Crippen LogP contribution in [0.3, 0.4) is 0 Å². The summed E-state index contributed by atoms with van der Waals surface area (Å²) in [4.78, 5) is 39.8. The lowest BCUT2D eigenvalue weighted by atomic mass is 9.87. The van der Waals surface area contributed by atoms with Gasteiger partial charge in [0.2, 0.25) is 5.91 Å². The van der Waals surface area contributed by atoms with Gasteiger partial charge in [-0.3, -0.25) is 14.0 Å². The first-order valence-corrected chi connectivity index (χ1v) is 14.4. The molecule has 1 aromatic carbocycles. The monoisotopic (exact) mass is 647 g/mol. The largest absolute Gasteiger partial charge is 0.493 e. The number of nitrogens with one attached hydrogen (secondary N) is 1. The Hall–Kier alpha value is -4.89. The van der Waals surface area contributed by atoms with Crippen molar-refractivity contribution in [2.75, 3.05) is 24.2 Å². The second-order valence-corrected chi connectivity index (χ2v) is 11.1. The highest BCUT2D eigenvalue weighted by Crippen LogP contribution is 2.46. The number of halogens is 6. The Morgan fingerprint density at radius 2 is 1.87 bits per heavy atom. The number of nitrogen functional groups attached to an aromatic ring is 1. The van der Waals surface area contributed by atoms with Crippen molar-refractivity contribution >= 4 is 29.0 Å². The van der Waals surface area contributed by atoms with E-state index in [9.17, 15) is 35.9 Å². The minimum Gasteiger partial charge on any atom is -0.493 e. The van der Waals surface area contributed by atoms with Crippen molar-refractivity contribution in [3.8, 4) is 17.0 Å². The fraction of sp³-hybridized carbons (Fsp3) is 0.367. The molecule has 2 saturated heterocycles. The van der Waals surface area contributed by atoms with E-state index in [1.807, 2.05) is 0 Å². The van der Waals surface area contributed by atoms with Crippen LogP contribution >= 0.6 is 0 Å². The van der Waals surface area contributed by atoms with Crippen LogP contribution < -0.4 is 15.8 Å². The van der Waals surface area contributed by atoms with Gasteiger partial charge in [-0.05, 0) is 50.1 Å². The van der Waals surface area contributed by atoms with Crippen molar-refractivity contribution in [1.82, 2.24) is 24.3 Å². The fourth-order valence-corrected chi connectivity index (χ4v) is 6.24. The van der Waals surface area contributed by atoms with Crippen molar-refractivity contribution in [2.45, 2.75) is 50.5 Å². The Morgan fingerprint density at radius 3 is 2.59 bits per heavy atom. The second kappa shape index (κ2) is 11.5. The molecule has 10 nitrogen and oxygen atoms in total. The number of amides is 2. The molecule has 5 heterocycles. The van der Waals surface area contributed by atoms with Crippen LogP contribution in [0.25, 0.3) is 16.8 Å². The highest BCUT2D eigenvalue weighted by atomic mass is 19.4. The van der Waals surface area contributed by atoms with Crippen molar-refractivity contribution in [1.29, 1.82) is 0 Å². The quantitative estimate of drug-likeness (QED) is 0.257. The van der Waals surface area contributed by atoms with Gasteiger partial charge in [0.15, 0.2) is 0 Å². The zero-order valence-electron chi connectivity index (χ0n) is 24.2. The van der Waals surface area contributed by atoms with E-state index in [2.05, 4.69) is 15.3 Å². The smallest absolute Gasteiger partial charge is 0.416 e. The molecule has 2 aliphatic heterocycles. The van der Waals surface area contributed by atoms with Crippen molar-refractivity contribution in [3.05, 3.63) is 65.9 Å². The molecule has 2 amide bonds. The van der Waals surface area contributed by atoms with Gasteiger partial charge in [-0.2, -0.15) is 26.3 Å². The minimum absolute atomic E-state index is 0.0534. The molecule has 6 rings (SSSR count). The highest BCUT2D eigenvalue weighted by Gasteiger charge is 2.55. The zero-order chi connectivity index (χ0) is 33.0. The van der Waals surface area contributed by atoms with Crippen LogP contribution in [0.4, 0.5) is 38.0 Å². The van der Waals surface area contributed by atoms with E-state index >= 15 is 0 Å². The van der Waals surface area contributed by atoms with Gasteiger partial charge < -0.3 is 20.7 Å². The number of hydrogen-bond donors (Lipinski definition) is 2. The number of carbonyl (C=O) groups excluding carboxylic acids is 2. The molecule has 2 fully saturated rings. The molecule has 3 N–H and O–H groups in total. The van der Waals surface area contributed by atoms with E-state index in [0.29, 0.717) is 29.0 Å². The van der Waals surface area contributed by atoms with E-state index in [0.717, 1.165) is 18.3 Å². The number of nitrogens with zero attached hydrogens (tertiary/aromatic N) is 5. The van der Waals surface area contributed by atoms with Gasteiger partial charge in [-0.1, -0.05) is 0 Å². The number of piperidine rings is 1. The normalized spacial score (nSPS) is 20.2. The van der Waals surface area contributed by atoms with Crippen molar-refractivity contribution < 1.29 is 40.7 Å². The van der Waals surface area contributed by atoms with Crippen LogP contribution in [0.5, 0.6) is 5.75 Å². The van der Waals surface area contributed by atoms with Gasteiger partial charge in [0, 0.05) is 54.6 Å². The summed E-state index contributed by atoms with van der Waals surface area (Å²) in [7, 11) is 0. The first-order chi connectivity index (χ1) is 21.8. The Labute approximate surface area is 257 Å². The number of rotatable bonds is 6. The molecule has 3 atom stereocenters. The maximum Gasteiger partial charge on any atom is 0.416 e. The molecule has 242 valence electrons. The molecule has 0 spiro atoms. The fourth-order valence-electron chi connectivity index (χ4n) is 6.24. The molecule has 4 aromatic rings. The van der Waals surface area contributed by atoms with Gasteiger partial charge in [-0.25, -0.2) is 15.0 Å². The molecule has 2 aliphatic rings. The zero-order valence-corrected chi connectivity index (χ0v) is 24.2. The van der Waals surface area contributed by atoms with Crippen molar-refractivity contribution in [2.24, 2.45) is 5.92 Å². The Kier molecular flexibility index (Phi) is 7.76. The maximum atomic E-state index is 13.6. The lowest BCUT2D eigenvalue weighted by molar-refractivity contribution is -0.182. The predicted octanol–water partition coefficient (Wildman–Crippen LogP) is 5.70. The lowest BCUT2D eigenvalue weighted by Gasteiger charge is -2.37. The molecule has 3 aromatic heterocycles. The number of alkyl halides is 6. The van der Waals surface area contributed by atoms with E-state index in [1.165, 1.54) is 23.2 Å². The topological polar surface area (TPSA) is 128 Å². The average Bonchev–Trinajstić information content (AvgIpc) is 3.56. The number of fused-ring (bicyclic) bond motifs is 2. The molecule has 0 saturated carbocycles. The van der Waals surface area contributed by atoms with Crippen LogP contribution in [-0.4, -0.2) is 61.4 Å². The average molecular weight is 648 g/mol. The van der Waals surface area contributed by atoms with Crippen LogP contribution in [0.1, 0.15) is 53.8 Å².